The van der Waals surface area contributed by atoms with Gasteiger partial charge in [0, 0.05) is 16.6 Å². The second-order valence-electron chi connectivity index (χ2n) is 5.37. The maximum absolute atomic E-state index is 12.1. The molecule has 2 aliphatic carbocycles. The average Bonchev–Trinajstić information content (AvgIpc) is 2.89. The lowest BCUT2D eigenvalue weighted by molar-refractivity contribution is -0.120. The number of anilines is 1. The van der Waals surface area contributed by atoms with Crippen molar-refractivity contribution in [3.63, 3.8) is 0 Å². The van der Waals surface area contributed by atoms with Gasteiger partial charge in [0.1, 0.15) is 0 Å². The van der Waals surface area contributed by atoms with E-state index in [9.17, 15) is 4.79 Å². The van der Waals surface area contributed by atoms with Gasteiger partial charge in [-0.3, -0.25) is 4.79 Å². The summed E-state index contributed by atoms with van der Waals surface area (Å²) < 4.78 is 0. The third-order valence-electron chi connectivity index (χ3n) is 4.06. The maximum atomic E-state index is 12.1. The number of hydrogen-bond donors (Lipinski definition) is 1. The molecule has 2 aliphatic rings. The first-order valence-electron chi connectivity index (χ1n) is 6.20. The molecule has 0 aliphatic heterocycles. The van der Waals surface area contributed by atoms with Crippen LogP contribution in [-0.4, -0.2) is 5.91 Å². The molecule has 2 nitrogen and oxygen atoms in total. The number of carbonyl (C=O) groups excluding carboxylic acids is 1. The Bertz CT molecular complexity index is 461. The van der Waals surface area contributed by atoms with E-state index < -0.39 is 0 Å². The highest BCUT2D eigenvalue weighted by molar-refractivity contribution is 6.30. The molecule has 1 aromatic carbocycles. The summed E-state index contributed by atoms with van der Waals surface area (Å²) in [7, 11) is 0. The van der Waals surface area contributed by atoms with Crippen LogP contribution < -0.4 is 5.32 Å². The Morgan fingerprint density at radius 2 is 2.00 bits per heavy atom. The lowest BCUT2D eigenvalue weighted by atomic mass is 10.0. The fourth-order valence-electron chi connectivity index (χ4n) is 2.93. The molecule has 1 amide bonds. The van der Waals surface area contributed by atoms with Crippen LogP contribution in [0, 0.1) is 24.7 Å². The fraction of sp³-hybridized carbons (Fsp3) is 0.500. The van der Waals surface area contributed by atoms with Gasteiger partial charge in [0.15, 0.2) is 0 Å². The van der Waals surface area contributed by atoms with E-state index in [4.69, 9.17) is 11.6 Å². The SMILES string of the molecule is Cc1cc(Cl)ccc1NC(=O)C1CC2CC2C1. The Labute approximate surface area is 106 Å². The summed E-state index contributed by atoms with van der Waals surface area (Å²) in [5.41, 5.74) is 1.91. The first-order valence-corrected chi connectivity index (χ1v) is 6.58. The summed E-state index contributed by atoms with van der Waals surface area (Å²) >= 11 is 5.89. The molecule has 0 aromatic heterocycles. The van der Waals surface area contributed by atoms with Crippen molar-refractivity contribution in [2.24, 2.45) is 17.8 Å². The van der Waals surface area contributed by atoms with Crippen LogP contribution in [0.5, 0.6) is 0 Å². The van der Waals surface area contributed by atoms with Crippen LogP contribution in [0.15, 0.2) is 18.2 Å². The number of fused-ring (bicyclic) bond motifs is 1. The van der Waals surface area contributed by atoms with E-state index in [0.717, 1.165) is 35.9 Å². The summed E-state index contributed by atoms with van der Waals surface area (Å²) in [6.45, 7) is 1.97. The predicted molar refractivity (Wildman–Crippen MR) is 69.1 cm³/mol. The second kappa shape index (κ2) is 4.02. The topological polar surface area (TPSA) is 29.1 Å². The molecular weight excluding hydrogens is 234 g/mol. The summed E-state index contributed by atoms with van der Waals surface area (Å²) in [6, 6.07) is 5.57. The van der Waals surface area contributed by atoms with Gasteiger partial charge < -0.3 is 5.32 Å². The molecular formula is C14H16ClNO. The number of aryl methyl sites for hydroxylation is 1. The number of nitrogens with one attached hydrogen (secondary N) is 1. The molecule has 2 saturated carbocycles. The van der Waals surface area contributed by atoms with Crippen molar-refractivity contribution in [1.82, 2.24) is 0 Å². The number of halogens is 1. The highest BCUT2D eigenvalue weighted by atomic mass is 35.5. The minimum Gasteiger partial charge on any atom is -0.326 e. The summed E-state index contributed by atoms with van der Waals surface area (Å²) in [5, 5.41) is 3.73. The third kappa shape index (κ3) is 2.19. The fourth-order valence-corrected chi connectivity index (χ4v) is 3.16. The maximum Gasteiger partial charge on any atom is 0.227 e. The molecule has 2 atom stereocenters. The molecule has 3 heteroatoms. The van der Waals surface area contributed by atoms with Crippen LogP contribution in [0.1, 0.15) is 24.8 Å². The standard InChI is InChI=1S/C14H16ClNO/c1-8-4-12(15)2-3-13(8)16-14(17)11-6-9-5-10(9)7-11/h2-4,9-11H,5-7H2,1H3,(H,16,17). The molecule has 0 bridgehead atoms. The molecule has 0 heterocycles. The van der Waals surface area contributed by atoms with Crippen molar-refractivity contribution < 1.29 is 4.79 Å². The van der Waals surface area contributed by atoms with E-state index in [1.165, 1.54) is 6.42 Å². The van der Waals surface area contributed by atoms with Gasteiger partial charge in [-0.25, -0.2) is 0 Å². The third-order valence-corrected chi connectivity index (χ3v) is 4.30. The normalized spacial score (nSPS) is 29.9. The predicted octanol–water partition coefficient (Wildman–Crippen LogP) is 3.63. The van der Waals surface area contributed by atoms with Crippen molar-refractivity contribution in [1.29, 1.82) is 0 Å². The van der Waals surface area contributed by atoms with Crippen molar-refractivity contribution in [3.05, 3.63) is 28.8 Å². The van der Waals surface area contributed by atoms with Gasteiger partial charge >= 0.3 is 0 Å². The molecule has 0 spiro atoms. The van der Waals surface area contributed by atoms with Gasteiger partial charge in [-0.1, -0.05) is 11.6 Å². The molecule has 1 aromatic rings. The van der Waals surface area contributed by atoms with Crippen LogP contribution >= 0.6 is 11.6 Å². The van der Waals surface area contributed by atoms with E-state index in [2.05, 4.69) is 5.32 Å². The number of rotatable bonds is 2. The van der Waals surface area contributed by atoms with Gasteiger partial charge in [-0.2, -0.15) is 0 Å². The van der Waals surface area contributed by atoms with Crippen molar-refractivity contribution >= 4 is 23.2 Å². The molecule has 3 rings (SSSR count). The van der Waals surface area contributed by atoms with Crippen LogP contribution in [0.3, 0.4) is 0 Å². The molecule has 2 unspecified atom stereocenters. The summed E-state index contributed by atoms with van der Waals surface area (Å²) in [6.07, 6.45) is 3.52. The smallest absolute Gasteiger partial charge is 0.227 e. The first-order chi connectivity index (χ1) is 8.13. The van der Waals surface area contributed by atoms with Crippen molar-refractivity contribution in [2.75, 3.05) is 5.32 Å². The van der Waals surface area contributed by atoms with E-state index in [-0.39, 0.29) is 11.8 Å². The van der Waals surface area contributed by atoms with Crippen LogP contribution in [0.2, 0.25) is 5.02 Å². The van der Waals surface area contributed by atoms with Crippen molar-refractivity contribution in [3.8, 4) is 0 Å². The zero-order valence-electron chi connectivity index (χ0n) is 9.87. The van der Waals surface area contributed by atoms with Gasteiger partial charge in [-0.15, -0.1) is 0 Å². The average molecular weight is 250 g/mol. The van der Waals surface area contributed by atoms with Gasteiger partial charge in [0.2, 0.25) is 5.91 Å². The van der Waals surface area contributed by atoms with E-state index >= 15 is 0 Å². The first kappa shape index (κ1) is 11.1. The number of carbonyl (C=O) groups is 1. The highest BCUT2D eigenvalue weighted by Gasteiger charge is 2.47. The second-order valence-corrected chi connectivity index (χ2v) is 5.81. The van der Waals surface area contributed by atoms with Crippen molar-refractivity contribution in [2.45, 2.75) is 26.2 Å². The van der Waals surface area contributed by atoms with Crippen LogP contribution in [0.4, 0.5) is 5.69 Å². The highest BCUT2D eigenvalue weighted by Crippen LogP contribution is 2.54. The number of hydrogen-bond acceptors (Lipinski definition) is 1. The van der Waals surface area contributed by atoms with Gasteiger partial charge in [0.05, 0.1) is 0 Å². The molecule has 90 valence electrons. The largest absolute Gasteiger partial charge is 0.326 e. The quantitative estimate of drug-likeness (QED) is 0.852. The molecule has 1 N–H and O–H groups in total. The van der Waals surface area contributed by atoms with Crippen LogP contribution in [0.25, 0.3) is 0 Å². The molecule has 0 radical (unpaired) electrons. The van der Waals surface area contributed by atoms with Crippen LogP contribution in [-0.2, 0) is 4.79 Å². The molecule has 17 heavy (non-hydrogen) atoms. The Kier molecular flexibility index (Phi) is 2.62. The summed E-state index contributed by atoms with van der Waals surface area (Å²) in [5.74, 6) is 2.10. The Hall–Kier alpha value is -1.02. The number of amides is 1. The monoisotopic (exact) mass is 249 g/mol. The minimum atomic E-state index is 0.183. The molecule has 0 saturated heterocycles. The van der Waals surface area contributed by atoms with E-state index in [1.807, 2.05) is 25.1 Å². The Morgan fingerprint density at radius 3 is 2.65 bits per heavy atom. The zero-order chi connectivity index (χ0) is 12.0. The number of benzene rings is 1. The zero-order valence-corrected chi connectivity index (χ0v) is 10.6. The van der Waals surface area contributed by atoms with Gasteiger partial charge in [-0.05, 0) is 61.8 Å². The lowest BCUT2D eigenvalue weighted by Gasteiger charge is -2.14. The minimum absolute atomic E-state index is 0.183. The lowest BCUT2D eigenvalue weighted by Crippen LogP contribution is -2.22. The van der Waals surface area contributed by atoms with E-state index in [0.29, 0.717) is 5.02 Å². The Morgan fingerprint density at radius 1 is 1.29 bits per heavy atom. The Balaban J connectivity index is 1.67. The van der Waals surface area contributed by atoms with Gasteiger partial charge in [0.25, 0.3) is 0 Å². The summed E-state index contributed by atoms with van der Waals surface area (Å²) in [4.78, 5) is 12.1. The molecule has 2 fully saturated rings. The van der Waals surface area contributed by atoms with E-state index in [1.54, 1.807) is 0 Å².